The van der Waals surface area contributed by atoms with Crippen molar-refractivity contribution in [3.05, 3.63) is 51.2 Å². The summed E-state index contributed by atoms with van der Waals surface area (Å²) in [4.78, 5) is 24.4. The molecule has 2 aromatic carbocycles. The average Bonchev–Trinajstić information content (AvgIpc) is 2.90. The molecule has 28 heavy (non-hydrogen) atoms. The number of phenols is 1. The molecule has 3 rings (SSSR count). The van der Waals surface area contributed by atoms with E-state index in [1.807, 2.05) is 6.07 Å². The quantitative estimate of drug-likeness (QED) is 0.686. The first kappa shape index (κ1) is 20.1. The Labute approximate surface area is 168 Å². The molecule has 0 saturated carbocycles. The number of benzene rings is 1. The van der Waals surface area contributed by atoms with Crippen molar-refractivity contribution in [3.8, 4) is 28.4 Å². The Hall–Kier alpha value is -2.67. The number of aryl methyl sites for hydroxylation is 1. The van der Waals surface area contributed by atoms with Crippen LogP contribution in [0.1, 0.15) is 36.1 Å². The van der Waals surface area contributed by atoms with Gasteiger partial charge in [0.05, 0.1) is 20.3 Å². The van der Waals surface area contributed by atoms with E-state index in [9.17, 15) is 14.7 Å². The van der Waals surface area contributed by atoms with E-state index in [1.54, 1.807) is 18.2 Å². The Balaban J connectivity index is 2.40. The summed E-state index contributed by atoms with van der Waals surface area (Å²) in [6.45, 7) is 1.45. The van der Waals surface area contributed by atoms with Gasteiger partial charge in [0.25, 0.3) is 0 Å². The number of nitrogens with one attached hydrogen (secondary N) is 1. The number of hydrogen-bond donors (Lipinski definition) is 3. The number of methoxy groups -OCH3 is 2. The first-order valence-corrected chi connectivity index (χ1v) is 9.56. The number of phenolic OH excluding ortho intramolecular Hbond substituents is 1. The fraction of sp³-hybridized carbons (Fsp3) is 0.333. The van der Waals surface area contributed by atoms with Crippen molar-refractivity contribution in [2.45, 2.75) is 31.6 Å². The molecule has 0 radical (unpaired) electrons. The number of carbonyl (C=O) groups is 1. The third-order valence-corrected chi connectivity index (χ3v) is 5.33. The van der Waals surface area contributed by atoms with E-state index in [2.05, 4.69) is 17.9 Å². The van der Waals surface area contributed by atoms with Crippen molar-refractivity contribution in [2.24, 2.45) is 0 Å². The smallest absolute Gasteiger partial charge is 0.217 e. The summed E-state index contributed by atoms with van der Waals surface area (Å²) in [5, 5.41) is 13.5. The largest absolute Gasteiger partial charge is 0.502 e. The average molecular weight is 401 g/mol. The second-order valence-corrected chi connectivity index (χ2v) is 7.00. The summed E-state index contributed by atoms with van der Waals surface area (Å²) in [5.41, 5.74) is 3.43. The van der Waals surface area contributed by atoms with Gasteiger partial charge in [0.1, 0.15) is 0 Å². The number of aromatic hydroxyl groups is 1. The van der Waals surface area contributed by atoms with E-state index in [0.29, 0.717) is 41.0 Å². The summed E-state index contributed by atoms with van der Waals surface area (Å²) >= 11 is 4.24. The van der Waals surface area contributed by atoms with Gasteiger partial charge in [0, 0.05) is 23.8 Å². The lowest BCUT2D eigenvalue weighted by atomic mass is 9.95. The zero-order valence-electron chi connectivity index (χ0n) is 16.0. The van der Waals surface area contributed by atoms with Gasteiger partial charge < -0.3 is 19.9 Å². The molecule has 1 amide bonds. The second-order valence-electron chi connectivity index (χ2n) is 6.68. The highest BCUT2D eigenvalue weighted by Gasteiger charge is 2.28. The highest BCUT2D eigenvalue weighted by atomic mass is 32.1. The minimum atomic E-state index is -0.342. The van der Waals surface area contributed by atoms with Gasteiger partial charge >= 0.3 is 0 Å². The topological polar surface area (TPSA) is 84.9 Å². The molecule has 2 N–H and O–H groups in total. The Bertz CT molecular complexity index is 989. The number of rotatable bonds is 4. The predicted octanol–water partition coefficient (Wildman–Crippen LogP) is 2.99. The Kier molecular flexibility index (Phi) is 5.84. The monoisotopic (exact) mass is 401 g/mol. The maximum Gasteiger partial charge on any atom is 0.217 e. The van der Waals surface area contributed by atoms with Crippen LogP contribution >= 0.6 is 12.6 Å². The van der Waals surface area contributed by atoms with Crippen molar-refractivity contribution in [1.29, 1.82) is 0 Å². The van der Waals surface area contributed by atoms with Gasteiger partial charge in [0.15, 0.2) is 16.9 Å². The van der Waals surface area contributed by atoms with Crippen LogP contribution < -0.4 is 20.2 Å². The van der Waals surface area contributed by atoms with Crippen LogP contribution in [0.25, 0.3) is 11.1 Å². The number of thiol groups is 1. The predicted molar refractivity (Wildman–Crippen MR) is 110 cm³/mol. The van der Waals surface area contributed by atoms with E-state index in [-0.39, 0.29) is 28.9 Å². The Morgan fingerprint density at radius 3 is 2.64 bits per heavy atom. The number of fused-ring (bicyclic) bond motifs is 3. The molecule has 0 heterocycles. The highest BCUT2D eigenvalue weighted by molar-refractivity contribution is 7.79. The van der Waals surface area contributed by atoms with Gasteiger partial charge in [-0.1, -0.05) is 12.1 Å². The summed E-state index contributed by atoms with van der Waals surface area (Å²) in [6.07, 6.45) is 1.20. The fourth-order valence-corrected chi connectivity index (χ4v) is 3.95. The van der Waals surface area contributed by atoms with Gasteiger partial charge in [-0.2, -0.15) is 12.6 Å². The molecule has 0 spiro atoms. The van der Waals surface area contributed by atoms with Crippen molar-refractivity contribution in [2.75, 3.05) is 14.2 Å². The molecular formula is C21H23NO5S. The fourth-order valence-electron chi connectivity index (χ4n) is 3.69. The molecule has 0 bridgehead atoms. The third kappa shape index (κ3) is 3.54. The van der Waals surface area contributed by atoms with E-state index in [0.717, 1.165) is 11.1 Å². The molecule has 0 aliphatic heterocycles. The molecular weight excluding hydrogens is 378 g/mol. The van der Waals surface area contributed by atoms with Crippen LogP contribution in [0.4, 0.5) is 0 Å². The summed E-state index contributed by atoms with van der Waals surface area (Å²) < 4.78 is 10.8. The van der Waals surface area contributed by atoms with Crippen LogP contribution in [-0.4, -0.2) is 25.2 Å². The molecule has 1 aliphatic carbocycles. The highest BCUT2D eigenvalue weighted by Crippen LogP contribution is 2.49. The lowest BCUT2D eigenvalue weighted by molar-refractivity contribution is -0.119. The maximum absolute atomic E-state index is 12.6. The molecule has 1 atom stereocenters. The van der Waals surface area contributed by atoms with Crippen LogP contribution in [0, 0.1) is 0 Å². The van der Waals surface area contributed by atoms with E-state index < -0.39 is 0 Å². The third-order valence-electron chi connectivity index (χ3n) is 4.99. The van der Waals surface area contributed by atoms with E-state index in [1.165, 1.54) is 21.1 Å². The molecule has 7 heteroatoms. The van der Waals surface area contributed by atoms with Crippen molar-refractivity contribution in [3.63, 3.8) is 0 Å². The van der Waals surface area contributed by atoms with Gasteiger partial charge in [-0.3, -0.25) is 9.59 Å². The molecule has 148 valence electrons. The molecule has 6 nitrogen and oxygen atoms in total. The van der Waals surface area contributed by atoms with E-state index in [4.69, 9.17) is 9.47 Å². The minimum absolute atomic E-state index is 0.101. The van der Waals surface area contributed by atoms with Crippen LogP contribution in [0.15, 0.2) is 29.1 Å². The first-order chi connectivity index (χ1) is 13.4. The summed E-state index contributed by atoms with van der Waals surface area (Å²) in [5.74, 6) is 0.620. The van der Waals surface area contributed by atoms with Gasteiger partial charge in [-0.05, 0) is 41.7 Å². The Morgan fingerprint density at radius 1 is 1.29 bits per heavy atom. The summed E-state index contributed by atoms with van der Waals surface area (Å²) in [7, 11) is 2.96. The number of hydrogen-bond acceptors (Lipinski definition) is 6. The van der Waals surface area contributed by atoms with Crippen LogP contribution in [-0.2, 0) is 17.0 Å². The lowest BCUT2D eigenvalue weighted by Crippen LogP contribution is -2.26. The number of ether oxygens (including phenoxy) is 2. The van der Waals surface area contributed by atoms with Crippen LogP contribution in [0.3, 0.4) is 0 Å². The van der Waals surface area contributed by atoms with E-state index >= 15 is 0 Å². The van der Waals surface area contributed by atoms with Crippen LogP contribution in [0.5, 0.6) is 17.2 Å². The van der Waals surface area contributed by atoms with Gasteiger partial charge in [-0.25, -0.2) is 0 Å². The molecule has 0 fully saturated rings. The maximum atomic E-state index is 12.6. The lowest BCUT2D eigenvalue weighted by Gasteiger charge is -2.18. The molecule has 0 saturated heterocycles. The SMILES string of the molecule is COc1cc2c(c(OC)c1O)-c1ccc(CS)c(=O)cc1C(NC(C)=O)CC2. The number of amides is 1. The molecule has 1 unspecified atom stereocenters. The van der Waals surface area contributed by atoms with Crippen molar-refractivity contribution in [1.82, 2.24) is 5.32 Å². The van der Waals surface area contributed by atoms with Crippen molar-refractivity contribution < 1.29 is 19.4 Å². The molecule has 0 aromatic heterocycles. The molecule has 1 aliphatic rings. The second kappa shape index (κ2) is 8.14. The molecule has 2 aromatic rings. The first-order valence-electron chi connectivity index (χ1n) is 8.93. The minimum Gasteiger partial charge on any atom is -0.502 e. The van der Waals surface area contributed by atoms with Gasteiger partial charge in [-0.15, -0.1) is 0 Å². The zero-order chi connectivity index (χ0) is 20.4. The van der Waals surface area contributed by atoms with Gasteiger partial charge in [0.2, 0.25) is 11.7 Å². The zero-order valence-corrected chi connectivity index (χ0v) is 16.9. The standard InChI is InChI=1S/C21H23NO5S/c1-11(23)22-16-7-5-12-8-18(26-2)20(25)21(27-3)19(12)14-6-4-13(10-28)17(24)9-15(14)16/h4,6,8-9,16,25,28H,5,7,10H2,1-3H3,(H,22,23). The van der Waals surface area contributed by atoms with Crippen molar-refractivity contribution >= 4 is 18.5 Å². The van der Waals surface area contributed by atoms with Crippen LogP contribution in [0.2, 0.25) is 0 Å². The Morgan fingerprint density at radius 2 is 2.04 bits per heavy atom. The summed E-state index contributed by atoms with van der Waals surface area (Å²) in [6, 6.07) is 6.55. The normalized spacial score (nSPS) is 15.1. The number of carbonyl (C=O) groups excluding carboxylic acids is 1.